The summed E-state index contributed by atoms with van der Waals surface area (Å²) in [7, 11) is 0. The molecule has 0 saturated heterocycles. The van der Waals surface area contributed by atoms with E-state index < -0.39 is 6.04 Å². The summed E-state index contributed by atoms with van der Waals surface area (Å²) in [5.41, 5.74) is 1.60. The highest BCUT2D eigenvalue weighted by Crippen LogP contribution is 2.20. The minimum Gasteiger partial charge on any atom is -0.355 e. The van der Waals surface area contributed by atoms with Crippen LogP contribution in [0.3, 0.4) is 0 Å². The topological polar surface area (TPSA) is 49.4 Å². The number of halogens is 2. The van der Waals surface area contributed by atoms with Crippen LogP contribution in [0.15, 0.2) is 48.5 Å². The largest absolute Gasteiger partial charge is 0.355 e. The molecule has 6 heteroatoms. The van der Waals surface area contributed by atoms with Crippen molar-refractivity contribution in [2.45, 2.75) is 32.9 Å². The second-order valence-electron chi connectivity index (χ2n) is 5.99. The van der Waals surface area contributed by atoms with Gasteiger partial charge in [-0.2, -0.15) is 0 Å². The average molecular weight is 393 g/mol. The van der Waals surface area contributed by atoms with Crippen molar-refractivity contribution in [3.05, 3.63) is 69.7 Å². The molecule has 0 saturated carbocycles. The van der Waals surface area contributed by atoms with Crippen molar-refractivity contribution >= 4 is 35.0 Å². The van der Waals surface area contributed by atoms with Gasteiger partial charge in [0, 0.05) is 23.1 Å². The van der Waals surface area contributed by atoms with Crippen LogP contribution in [-0.2, 0) is 22.6 Å². The van der Waals surface area contributed by atoms with Crippen molar-refractivity contribution in [3.8, 4) is 0 Å². The molecule has 0 radical (unpaired) electrons. The molecule has 138 valence electrons. The number of rotatable bonds is 7. The van der Waals surface area contributed by atoms with Gasteiger partial charge in [-0.1, -0.05) is 53.5 Å². The van der Waals surface area contributed by atoms with E-state index in [-0.39, 0.29) is 24.8 Å². The van der Waals surface area contributed by atoms with Crippen LogP contribution in [0.4, 0.5) is 0 Å². The third-order valence-electron chi connectivity index (χ3n) is 4.06. The maximum absolute atomic E-state index is 12.9. The van der Waals surface area contributed by atoms with E-state index in [2.05, 4.69) is 5.32 Å². The summed E-state index contributed by atoms with van der Waals surface area (Å²) in [6.07, 6.45) is 0.161. The molecule has 4 nitrogen and oxygen atoms in total. The lowest BCUT2D eigenvalue weighted by Gasteiger charge is -2.29. The first kappa shape index (κ1) is 20.3. The zero-order valence-corrected chi connectivity index (χ0v) is 16.3. The molecule has 2 aromatic carbocycles. The Morgan fingerprint density at radius 2 is 1.85 bits per heavy atom. The van der Waals surface area contributed by atoms with E-state index in [4.69, 9.17) is 23.2 Å². The Morgan fingerprint density at radius 1 is 1.12 bits per heavy atom. The van der Waals surface area contributed by atoms with Gasteiger partial charge in [0.05, 0.1) is 6.42 Å². The number of hydrogen-bond acceptors (Lipinski definition) is 2. The molecule has 26 heavy (non-hydrogen) atoms. The van der Waals surface area contributed by atoms with Crippen LogP contribution in [0.25, 0.3) is 0 Å². The Hall–Kier alpha value is -2.04. The molecular formula is C20H22Cl2N2O2. The quantitative estimate of drug-likeness (QED) is 0.771. The van der Waals surface area contributed by atoms with Gasteiger partial charge >= 0.3 is 0 Å². The lowest BCUT2D eigenvalue weighted by Crippen LogP contribution is -2.48. The fourth-order valence-electron chi connectivity index (χ4n) is 2.64. The molecule has 1 atom stereocenters. The highest BCUT2D eigenvalue weighted by molar-refractivity contribution is 6.31. The fourth-order valence-corrected chi connectivity index (χ4v) is 3.05. The van der Waals surface area contributed by atoms with Crippen molar-refractivity contribution in [1.82, 2.24) is 10.2 Å². The maximum Gasteiger partial charge on any atom is 0.242 e. The van der Waals surface area contributed by atoms with Crippen molar-refractivity contribution in [1.29, 1.82) is 0 Å². The number of benzene rings is 2. The lowest BCUT2D eigenvalue weighted by molar-refractivity contribution is -0.140. The molecule has 0 heterocycles. The maximum atomic E-state index is 12.9. The van der Waals surface area contributed by atoms with Crippen LogP contribution < -0.4 is 5.32 Å². The van der Waals surface area contributed by atoms with Gasteiger partial charge in [-0.05, 0) is 43.2 Å². The first-order chi connectivity index (χ1) is 12.4. The SMILES string of the molecule is CCNC(=O)[C@@H](C)N(Cc1ccccc1Cl)C(=O)Cc1cccc(Cl)c1. The van der Waals surface area contributed by atoms with Gasteiger partial charge in [0.25, 0.3) is 0 Å². The standard InChI is InChI=1S/C20H22Cl2N2O2/c1-3-23-20(26)14(2)24(13-16-8-4-5-10-18(16)22)19(25)12-15-7-6-9-17(21)11-15/h4-11,14H,3,12-13H2,1-2H3,(H,23,26)/t14-/m1/s1. The summed E-state index contributed by atoms with van der Waals surface area (Å²) in [6.45, 7) is 4.33. The predicted octanol–water partition coefficient (Wildman–Crippen LogP) is 4.09. The number of carbonyl (C=O) groups excluding carboxylic acids is 2. The van der Waals surface area contributed by atoms with Crippen LogP contribution in [0.5, 0.6) is 0 Å². The second-order valence-corrected chi connectivity index (χ2v) is 6.83. The summed E-state index contributed by atoms with van der Waals surface area (Å²) in [6, 6.07) is 13.9. The number of likely N-dealkylation sites (N-methyl/N-ethyl adjacent to an activating group) is 1. The van der Waals surface area contributed by atoms with Gasteiger partial charge in [-0.25, -0.2) is 0 Å². The Labute approximate surface area is 164 Å². The van der Waals surface area contributed by atoms with Gasteiger partial charge in [0.2, 0.25) is 11.8 Å². The lowest BCUT2D eigenvalue weighted by atomic mass is 10.1. The molecule has 2 aromatic rings. The van der Waals surface area contributed by atoms with Crippen LogP contribution >= 0.6 is 23.2 Å². The zero-order valence-electron chi connectivity index (χ0n) is 14.8. The molecular weight excluding hydrogens is 371 g/mol. The monoisotopic (exact) mass is 392 g/mol. The average Bonchev–Trinajstić information content (AvgIpc) is 2.60. The first-order valence-electron chi connectivity index (χ1n) is 8.47. The fraction of sp³-hybridized carbons (Fsp3) is 0.300. The third kappa shape index (κ3) is 5.48. The van der Waals surface area contributed by atoms with E-state index in [0.29, 0.717) is 16.6 Å². The third-order valence-corrected chi connectivity index (χ3v) is 4.67. The van der Waals surface area contributed by atoms with Gasteiger partial charge < -0.3 is 10.2 Å². The predicted molar refractivity (Wildman–Crippen MR) is 105 cm³/mol. The smallest absolute Gasteiger partial charge is 0.242 e. The summed E-state index contributed by atoms with van der Waals surface area (Å²) >= 11 is 12.2. The van der Waals surface area contributed by atoms with E-state index in [1.807, 2.05) is 31.2 Å². The number of amides is 2. The zero-order chi connectivity index (χ0) is 19.1. The minimum atomic E-state index is -0.613. The van der Waals surface area contributed by atoms with Gasteiger partial charge in [0.15, 0.2) is 0 Å². The Morgan fingerprint density at radius 3 is 2.50 bits per heavy atom. The molecule has 0 aliphatic heterocycles. The van der Waals surface area contributed by atoms with Crippen LogP contribution in [0, 0.1) is 0 Å². The van der Waals surface area contributed by atoms with Crippen molar-refractivity contribution in [2.75, 3.05) is 6.54 Å². The Bertz CT molecular complexity index is 780. The minimum absolute atomic E-state index is 0.161. The van der Waals surface area contributed by atoms with Crippen molar-refractivity contribution in [2.24, 2.45) is 0 Å². The van der Waals surface area contributed by atoms with E-state index in [1.165, 1.54) is 0 Å². The van der Waals surface area contributed by atoms with Crippen LogP contribution in [0.2, 0.25) is 10.0 Å². The van der Waals surface area contributed by atoms with Gasteiger partial charge in [-0.15, -0.1) is 0 Å². The van der Waals surface area contributed by atoms with E-state index in [0.717, 1.165) is 11.1 Å². The second kappa shape index (κ2) is 9.60. The number of nitrogens with zero attached hydrogens (tertiary/aromatic N) is 1. The number of nitrogens with one attached hydrogen (secondary N) is 1. The summed E-state index contributed by atoms with van der Waals surface area (Å²) in [5.74, 6) is -0.357. The van der Waals surface area contributed by atoms with E-state index in [9.17, 15) is 9.59 Å². The molecule has 0 aliphatic carbocycles. The van der Waals surface area contributed by atoms with E-state index in [1.54, 1.807) is 36.1 Å². The molecule has 0 aromatic heterocycles. The molecule has 0 bridgehead atoms. The highest BCUT2D eigenvalue weighted by atomic mass is 35.5. The normalized spacial score (nSPS) is 11.7. The van der Waals surface area contributed by atoms with Crippen molar-refractivity contribution in [3.63, 3.8) is 0 Å². The van der Waals surface area contributed by atoms with Crippen molar-refractivity contribution < 1.29 is 9.59 Å². The van der Waals surface area contributed by atoms with Gasteiger partial charge in [-0.3, -0.25) is 9.59 Å². The summed E-state index contributed by atoms with van der Waals surface area (Å²) in [4.78, 5) is 26.8. The summed E-state index contributed by atoms with van der Waals surface area (Å²) < 4.78 is 0. The van der Waals surface area contributed by atoms with E-state index >= 15 is 0 Å². The van der Waals surface area contributed by atoms with Gasteiger partial charge in [0.1, 0.15) is 6.04 Å². The first-order valence-corrected chi connectivity index (χ1v) is 9.23. The Balaban J connectivity index is 2.25. The Kier molecular flexibility index (Phi) is 7.49. The molecule has 0 spiro atoms. The number of hydrogen-bond donors (Lipinski definition) is 1. The molecule has 2 rings (SSSR count). The number of carbonyl (C=O) groups is 2. The molecule has 2 amide bonds. The molecule has 0 fully saturated rings. The molecule has 0 unspecified atom stereocenters. The molecule has 0 aliphatic rings. The highest BCUT2D eigenvalue weighted by Gasteiger charge is 2.26. The summed E-state index contributed by atoms with van der Waals surface area (Å²) in [5, 5.41) is 3.91. The van der Waals surface area contributed by atoms with Crippen LogP contribution in [-0.4, -0.2) is 29.3 Å². The van der Waals surface area contributed by atoms with Crippen LogP contribution in [0.1, 0.15) is 25.0 Å². The molecule has 1 N–H and O–H groups in total.